The zero-order chi connectivity index (χ0) is 25.4. The van der Waals surface area contributed by atoms with E-state index in [9.17, 15) is 14.7 Å². The maximum absolute atomic E-state index is 12.5. The molecule has 1 amide bonds. The van der Waals surface area contributed by atoms with Crippen LogP contribution in [0.4, 0.5) is 16.2 Å². The van der Waals surface area contributed by atoms with Gasteiger partial charge in [0.05, 0.1) is 28.7 Å². The van der Waals surface area contributed by atoms with Crippen LogP contribution in [0.1, 0.15) is 12.8 Å². The minimum atomic E-state index is -0.851. The van der Waals surface area contributed by atoms with Gasteiger partial charge in [0.25, 0.3) is 0 Å². The standard InChI is InChI=1S/C27H28N4O5S/c32-25-16-19(30-10-12-35-13-11-30)15-21(29-25)20-2-1-3-23-26(20)36-22-5-4-18(14-24(22)37-23)28-17-6-8-31(9-7-17)27(33)34/h1-5,14-17,28H,6-13H2,(H,29,32)(H,33,34). The van der Waals surface area contributed by atoms with Gasteiger partial charge in [0.1, 0.15) is 5.75 Å². The highest BCUT2D eigenvalue weighted by Gasteiger charge is 2.25. The molecule has 37 heavy (non-hydrogen) atoms. The van der Waals surface area contributed by atoms with Gasteiger partial charge in [-0.1, -0.05) is 17.8 Å². The number of aromatic nitrogens is 1. The Kier molecular flexibility index (Phi) is 6.43. The predicted octanol–water partition coefficient (Wildman–Crippen LogP) is 4.69. The second-order valence-corrected chi connectivity index (χ2v) is 10.5. The number of nitrogens with zero attached hydrogens (tertiary/aromatic N) is 2. The number of amides is 1. The number of morpholine rings is 1. The van der Waals surface area contributed by atoms with E-state index in [1.807, 2.05) is 36.4 Å². The van der Waals surface area contributed by atoms with Gasteiger partial charge in [0.15, 0.2) is 5.75 Å². The summed E-state index contributed by atoms with van der Waals surface area (Å²) in [6, 6.07) is 15.9. The number of anilines is 2. The van der Waals surface area contributed by atoms with E-state index in [0.29, 0.717) is 26.3 Å². The number of para-hydroxylation sites is 1. The lowest BCUT2D eigenvalue weighted by Gasteiger charge is -2.31. The zero-order valence-electron chi connectivity index (χ0n) is 20.2. The SMILES string of the molecule is O=C(O)N1CCC(Nc2ccc3c(c2)Sc2cccc(-c4cc(N5CCOCC5)cc(=O)[nH]4)c2O3)CC1. The molecular formula is C27H28N4O5S. The second kappa shape index (κ2) is 10.0. The van der Waals surface area contributed by atoms with Crippen LogP contribution >= 0.6 is 11.8 Å². The molecule has 3 aromatic rings. The van der Waals surface area contributed by atoms with Crippen LogP contribution in [-0.2, 0) is 4.74 Å². The Balaban J connectivity index is 1.23. The van der Waals surface area contributed by atoms with E-state index in [1.165, 1.54) is 4.90 Å². The number of H-pyrrole nitrogens is 1. The summed E-state index contributed by atoms with van der Waals surface area (Å²) in [5.74, 6) is 1.50. The molecule has 2 aromatic carbocycles. The predicted molar refractivity (Wildman–Crippen MR) is 142 cm³/mol. The number of rotatable bonds is 4. The van der Waals surface area contributed by atoms with Gasteiger partial charge in [-0.05, 0) is 49.2 Å². The highest BCUT2D eigenvalue weighted by molar-refractivity contribution is 7.99. The summed E-state index contributed by atoms with van der Waals surface area (Å²) < 4.78 is 11.9. The molecule has 0 aliphatic carbocycles. The number of ether oxygens (including phenoxy) is 2. The lowest BCUT2D eigenvalue weighted by Crippen LogP contribution is -2.41. The molecule has 6 rings (SSSR count). The average Bonchev–Trinajstić information content (AvgIpc) is 2.92. The summed E-state index contributed by atoms with van der Waals surface area (Å²) >= 11 is 1.64. The van der Waals surface area contributed by atoms with E-state index in [-0.39, 0.29) is 11.6 Å². The Morgan fingerprint density at radius 2 is 1.84 bits per heavy atom. The van der Waals surface area contributed by atoms with Crippen LogP contribution in [0.5, 0.6) is 11.5 Å². The van der Waals surface area contributed by atoms with Crippen LogP contribution in [0.25, 0.3) is 11.3 Å². The number of pyridine rings is 1. The monoisotopic (exact) mass is 520 g/mol. The lowest BCUT2D eigenvalue weighted by atomic mass is 10.0. The van der Waals surface area contributed by atoms with Crippen LogP contribution in [0.3, 0.4) is 0 Å². The molecule has 1 aromatic heterocycles. The zero-order valence-corrected chi connectivity index (χ0v) is 21.1. The van der Waals surface area contributed by atoms with Crippen LogP contribution in [0.2, 0.25) is 0 Å². The Morgan fingerprint density at radius 1 is 1.03 bits per heavy atom. The first-order chi connectivity index (χ1) is 18.0. The quantitative estimate of drug-likeness (QED) is 0.356. The van der Waals surface area contributed by atoms with Crippen molar-refractivity contribution in [2.24, 2.45) is 0 Å². The third-order valence-electron chi connectivity index (χ3n) is 6.99. The molecule has 3 aliphatic heterocycles. The summed E-state index contributed by atoms with van der Waals surface area (Å²) in [6.07, 6.45) is 0.706. The molecule has 0 atom stereocenters. The van der Waals surface area contributed by atoms with Crippen molar-refractivity contribution < 1.29 is 19.4 Å². The van der Waals surface area contributed by atoms with Crippen molar-refractivity contribution in [3.63, 3.8) is 0 Å². The molecule has 192 valence electrons. The van der Waals surface area contributed by atoms with Crippen molar-refractivity contribution in [2.75, 3.05) is 49.6 Å². The molecule has 2 fully saturated rings. The van der Waals surface area contributed by atoms with Crippen molar-refractivity contribution >= 4 is 29.2 Å². The average molecular weight is 521 g/mol. The number of carbonyl (C=O) groups is 1. The maximum atomic E-state index is 12.5. The summed E-state index contributed by atoms with van der Waals surface area (Å²) in [4.78, 5) is 32.3. The molecule has 0 saturated carbocycles. The second-order valence-electron chi connectivity index (χ2n) is 9.40. The smallest absolute Gasteiger partial charge is 0.407 e. The topological polar surface area (TPSA) is 107 Å². The number of fused-ring (bicyclic) bond motifs is 2. The van der Waals surface area contributed by atoms with Gasteiger partial charge in [-0.3, -0.25) is 4.79 Å². The first-order valence-electron chi connectivity index (χ1n) is 12.5. The van der Waals surface area contributed by atoms with E-state index in [2.05, 4.69) is 21.3 Å². The fourth-order valence-electron chi connectivity index (χ4n) is 5.03. The van der Waals surface area contributed by atoms with Crippen LogP contribution in [0, 0.1) is 0 Å². The van der Waals surface area contributed by atoms with Gasteiger partial charge >= 0.3 is 6.09 Å². The van der Waals surface area contributed by atoms with E-state index >= 15 is 0 Å². The highest BCUT2D eigenvalue weighted by Crippen LogP contribution is 2.51. The van der Waals surface area contributed by atoms with Gasteiger partial charge in [0, 0.05) is 55.2 Å². The van der Waals surface area contributed by atoms with Crippen molar-refractivity contribution in [2.45, 2.75) is 28.7 Å². The van der Waals surface area contributed by atoms with Gasteiger partial charge < -0.3 is 34.7 Å². The summed E-state index contributed by atoms with van der Waals surface area (Å²) in [6.45, 7) is 3.90. The molecule has 0 spiro atoms. The Labute approximate surface area is 218 Å². The number of nitrogens with one attached hydrogen (secondary N) is 2. The Morgan fingerprint density at radius 3 is 2.62 bits per heavy atom. The molecule has 0 radical (unpaired) electrons. The number of piperidine rings is 1. The minimum Gasteiger partial charge on any atom is -0.465 e. The highest BCUT2D eigenvalue weighted by atomic mass is 32.2. The normalized spacial score (nSPS) is 17.5. The van der Waals surface area contributed by atoms with Gasteiger partial charge in [-0.25, -0.2) is 4.79 Å². The number of hydrogen-bond acceptors (Lipinski definition) is 7. The van der Waals surface area contributed by atoms with Gasteiger partial charge in [-0.2, -0.15) is 0 Å². The molecule has 10 heteroatoms. The molecule has 4 heterocycles. The van der Waals surface area contributed by atoms with Crippen molar-refractivity contribution in [3.05, 3.63) is 58.9 Å². The van der Waals surface area contributed by atoms with Gasteiger partial charge in [-0.15, -0.1) is 0 Å². The lowest BCUT2D eigenvalue weighted by molar-refractivity contribution is 0.122. The molecule has 0 bridgehead atoms. The maximum Gasteiger partial charge on any atom is 0.407 e. The van der Waals surface area contributed by atoms with Crippen molar-refractivity contribution in [1.29, 1.82) is 0 Å². The molecular weight excluding hydrogens is 492 g/mol. The number of aromatic amines is 1. The van der Waals surface area contributed by atoms with Crippen LogP contribution < -0.4 is 20.5 Å². The summed E-state index contributed by atoms with van der Waals surface area (Å²) in [5, 5.41) is 12.7. The molecule has 3 N–H and O–H groups in total. The molecule has 9 nitrogen and oxygen atoms in total. The van der Waals surface area contributed by atoms with Crippen LogP contribution in [0.15, 0.2) is 63.1 Å². The molecule has 0 unspecified atom stereocenters. The molecule has 3 aliphatic rings. The largest absolute Gasteiger partial charge is 0.465 e. The third kappa shape index (κ3) is 4.99. The fourth-order valence-corrected chi connectivity index (χ4v) is 6.06. The van der Waals surface area contributed by atoms with Crippen LogP contribution in [-0.4, -0.2) is 66.5 Å². The summed E-state index contributed by atoms with van der Waals surface area (Å²) in [5.41, 5.74) is 3.29. The Bertz CT molecular complexity index is 1380. The van der Waals surface area contributed by atoms with E-state index in [0.717, 1.165) is 69.9 Å². The third-order valence-corrected chi connectivity index (χ3v) is 8.07. The minimum absolute atomic E-state index is 0.148. The van der Waals surface area contributed by atoms with E-state index in [4.69, 9.17) is 9.47 Å². The summed E-state index contributed by atoms with van der Waals surface area (Å²) in [7, 11) is 0. The van der Waals surface area contributed by atoms with Gasteiger partial charge in [0.2, 0.25) is 5.56 Å². The number of hydrogen-bond donors (Lipinski definition) is 3. The van der Waals surface area contributed by atoms with E-state index in [1.54, 1.807) is 17.8 Å². The number of benzene rings is 2. The molecule has 2 saturated heterocycles. The number of likely N-dealkylation sites (tertiary alicyclic amines) is 1. The first-order valence-corrected chi connectivity index (χ1v) is 13.3. The Hall–Kier alpha value is -3.63. The van der Waals surface area contributed by atoms with Crippen molar-refractivity contribution in [3.8, 4) is 22.8 Å². The van der Waals surface area contributed by atoms with Crippen molar-refractivity contribution in [1.82, 2.24) is 9.88 Å². The van der Waals surface area contributed by atoms with E-state index < -0.39 is 6.09 Å². The first kappa shape index (κ1) is 23.7. The fraction of sp³-hybridized carbons (Fsp3) is 0.333. The number of carboxylic acid groups (broad SMARTS) is 1.